The molecule has 142 valence electrons. The van der Waals surface area contributed by atoms with Gasteiger partial charge in [0.15, 0.2) is 11.6 Å². The largest absolute Gasteiger partial charge is 0.491 e. The number of H-pyrrole nitrogens is 1. The quantitative estimate of drug-likeness (QED) is 0.579. The molecule has 0 saturated carbocycles. The van der Waals surface area contributed by atoms with Crippen molar-refractivity contribution < 1.29 is 13.9 Å². The lowest BCUT2D eigenvalue weighted by molar-refractivity contribution is -0.122. The zero-order chi connectivity index (χ0) is 19.2. The molecule has 1 amide bonds. The van der Waals surface area contributed by atoms with Crippen LogP contribution in [-0.4, -0.2) is 22.5 Å². The predicted molar refractivity (Wildman–Crippen MR) is 103 cm³/mol. The molecule has 0 radical (unpaired) electrons. The third-order valence-corrected chi connectivity index (χ3v) is 4.33. The van der Waals surface area contributed by atoms with Crippen molar-refractivity contribution in [3.63, 3.8) is 0 Å². The van der Waals surface area contributed by atoms with Crippen LogP contribution in [0, 0.1) is 11.7 Å². The Kier molecular flexibility index (Phi) is 6.06. The number of nitrogens with zero attached hydrogens (tertiary/aromatic N) is 1. The van der Waals surface area contributed by atoms with Gasteiger partial charge in [-0.1, -0.05) is 38.1 Å². The van der Waals surface area contributed by atoms with E-state index in [-0.39, 0.29) is 30.2 Å². The van der Waals surface area contributed by atoms with Crippen LogP contribution in [0.5, 0.6) is 5.75 Å². The zero-order valence-corrected chi connectivity index (χ0v) is 15.5. The molecule has 0 fully saturated rings. The van der Waals surface area contributed by atoms with Gasteiger partial charge in [-0.3, -0.25) is 4.79 Å². The van der Waals surface area contributed by atoms with Gasteiger partial charge in [0, 0.05) is 6.42 Å². The molecule has 0 bridgehead atoms. The summed E-state index contributed by atoms with van der Waals surface area (Å²) in [6.45, 7) is 4.37. The molecular weight excluding hydrogens is 345 g/mol. The lowest BCUT2D eigenvalue weighted by atomic mass is 10.0. The molecule has 1 atom stereocenters. The van der Waals surface area contributed by atoms with Crippen LogP contribution in [0.3, 0.4) is 0 Å². The zero-order valence-electron chi connectivity index (χ0n) is 15.5. The molecule has 0 saturated heterocycles. The number of carbonyl (C=O) groups excluding carboxylic acids is 1. The van der Waals surface area contributed by atoms with Gasteiger partial charge in [0.25, 0.3) is 0 Å². The van der Waals surface area contributed by atoms with Gasteiger partial charge in [0.2, 0.25) is 5.91 Å². The number of carbonyl (C=O) groups is 1. The maximum absolute atomic E-state index is 13.5. The number of amides is 1. The standard InChI is InChI=1S/C21H24FN3O2/c1-14(2)20(21-23-16-9-4-5-10-17(16)24-21)25-19(26)12-7-13-27-18-11-6-3-8-15(18)22/h3-6,8-11,14,20H,7,12-13H2,1-2H3,(H,23,24)(H,25,26). The highest BCUT2D eigenvalue weighted by Crippen LogP contribution is 2.22. The van der Waals surface area contributed by atoms with E-state index in [1.54, 1.807) is 18.2 Å². The SMILES string of the molecule is CC(C)C(NC(=O)CCCOc1ccccc1F)c1nc2ccccc2[nH]1. The number of fused-ring (bicyclic) bond motifs is 1. The van der Waals surface area contributed by atoms with Crippen molar-refractivity contribution in [1.82, 2.24) is 15.3 Å². The number of ether oxygens (including phenoxy) is 1. The van der Waals surface area contributed by atoms with E-state index in [2.05, 4.69) is 15.3 Å². The molecule has 2 aromatic carbocycles. The highest BCUT2D eigenvalue weighted by molar-refractivity contribution is 5.77. The Morgan fingerprint density at radius 1 is 1.19 bits per heavy atom. The molecule has 1 aromatic heterocycles. The minimum Gasteiger partial charge on any atom is -0.491 e. The number of imidazole rings is 1. The van der Waals surface area contributed by atoms with Crippen LogP contribution in [0.1, 0.15) is 38.6 Å². The van der Waals surface area contributed by atoms with Crippen molar-refractivity contribution in [3.8, 4) is 5.75 Å². The van der Waals surface area contributed by atoms with Gasteiger partial charge in [-0.05, 0) is 36.6 Å². The number of rotatable bonds is 8. The molecule has 1 unspecified atom stereocenters. The first-order valence-corrected chi connectivity index (χ1v) is 9.16. The number of halogens is 1. The molecule has 0 aliphatic carbocycles. The maximum atomic E-state index is 13.5. The summed E-state index contributed by atoms with van der Waals surface area (Å²) in [4.78, 5) is 20.2. The second kappa shape index (κ2) is 8.66. The van der Waals surface area contributed by atoms with E-state index in [0.29, 0.717) is 12.8 Å². The minimum atomic E-state index is -0.397. The fourth-order valence-electron chi connectivity index (χ4n) is 2.89. The van der Waals surface area contributed by atoms with Crippen molar-refractivity contribution in [2.75, 3.05) is 6.61 Å². The Morgan fingerprint density at radius 3 is 2.67 bits per heavy atom. The molecule has 1 heterocycles. The van der Waals surface area contributed by atoms with Gasteiger partial charge in [-0.25, -0.2) is 9.37 Å². The van der Waals surface area contributed by atoms with Crippen molar-refractivity contribution in [3.05, 3.63) is 60.2 Å². The van der Waals surface area contributed by atoms with Crippen LogP contribution >= 0.6 is 0 Å². The Labute approximate surface area is 158 Å². The predicted octanol–water partition coefficient (Wildman–Crippen LogP) is 4.37. The average molecular weight is 369 g/mol. The van der Waals surface area contributed by atoms with Crippen molar-refractivity contribution in [2.24, 2.45) is 5.92 Å². The number of aromatic amines is 1. The Bertz CT molecular complexity index is 874. The summed E-state index contributed by atoms with van der Waals surface area (Å²) in [7, 11) is 0. The van der Waals surface area contributed by atoms with Crippen molar-refractivity contribution in [2.45, 2.75) is 32.7 Å². The van der Waals surface area contributed by atoms with E-state index in [0.717, 1.165) is 16.9 Å². The first-order valence-electron chi connectivity index (χ1n) is 9.16. The average Bonchev–Trinajstić information content (AvgIpc) is 3.08. The summed E-state index contributed by atoms with van der Waals surface area (Å²) in [5, 5.41) is 3.04. The number of hydrogen-bond acceptors (Lipinski definition) is 3. The number of benzene rings is 2. The van der Waals surface area contributed by atoms with E-state index in [4.69, 9.17) is 4.74 Å². The molecule has 2 N–H and O–H groups in total. The number of hydrogen-bond donors (Lipinski definition) is 2. The molecule has 6 heteroatoms. The van der Waals surface area contributed by atoms with Crippen LogP contribution < -0.4 is 10.1 Å². The molecule has 3 rings (SSSR count). The van der Waals surface area contributed by atoms with Gasteiger partial charge >= 0.3 is 0 Å². The fourth-order valence-corrected chi connectivity index (χ4v) is 2.89. The van der Waals surface area contributed by atoms with Crippen LogP contribution in [0.2, 0.25) is 0 Å². The number of aromatic nitrogens is 2. The Morgan fingerprint density at radius 2 is 1.93 bits per heavy atom. The van der Waals surface area contributed by atoms with Crippen molar-refractivity contribution in [1.29, 1.82) is 0 Å². The lowest BCUT2D eigenvalue weighted by Crippen LogP contribution is -2.32. The third kappa shape index (κ3) is 4.84. The fraction of sp³-hybridized carbons (Fsp3) is 0.333. The Hall–Kier alpha value is -2.89. The van der Waals surface area contributed by atoms with Crippen LogP contribution in [0.4, 0.5) is 4.39 Å². The van der Waals surface area contributed by atoms with E-state index in [9.17, 15) is 9.18 Å². The summed E-state index contributed by atoms with van der Waals surface area (Å²) in [6, 6.07) is 13.8. The summed E-state index contributed by atoms with van der Waals surface area (Å²) < 4.78 is 18.9. The smallest absolute Gasteiger partial charge is 0.220 e. The van der Waals surface area contributed by atoms with Gasteiger partial charge in [-0.2, -0.15) is 0 Å². The second-order valence-corrected chi connectivity index (χ2v) is 6.81. The first kappa shape index (κ1) is 18.9. The van der Waals surface area contributed by atoms with Gasteiger partial charge in [0.1, 0.15) is 5.82 Å². The van der Waals surface area contributed by atoms with E-state index in [1.807, 2.05) is 38.1 Å². The van der Waals surface area contributed by atoms with E-state index in [1.165, 1.54) is 6.07 Å². The highest BCUT2D eigenvalue weighted by Gasteiger charge is 2.21. The van der Waals surface area contributed by atoms with Crippen molar-refractivity contribution >= 4 is 16.9 Å². The van der Waals surface area contributed by atoms with Crippen LogP contribution in [0.25, 0.3) is 11.0 Å². The highest BCUT2D eigenvalue weighted by atomic mass is 19.1. The minimum absolute atomic E-state index is 0.0775. The van der Waals surface area contributed by atoms with Gasteiger partial charge < -0.3 is 15.0 Å². The first-order chi connectivity index (χ1) is 13.0. The van der Waals surface area contributed by atoms with Crippen LogP contribution in [0.15, 0.2) is 48.5 Å². The monoisotopic (exact) mass is 369 g/mol. The summed E-state index contributed by atoms with van der Waals surface area (Å²) in [6.07, 6.45) is 0.809. The van der Waals surface area contributed by atoms with Crippen LogP contribution in [-0.2, 0) is 4.79 Å². The maximum Gasteiger partial charge on any atom is 0.220 e. The summed E-state index contributed by atoms with van der Waals surface area (Å²) >= 11 is 0. The topological polar surface area (TPSA) is 67.0 Å². The van der Waals surface area contributed by atoms with Gasteiger partial charge in [0.05, 0.1) is 23.7 Å². The molecule has 0 spiro atoms. The second-order valence-electron chi connectivity index (χ2n) is 6.81. The number of nitrogens with one attached hydrogen (secondary N) is 2. The van der Waals surface area contributed by atoms with E-state index < -0.39 is 5.82 Å². The Balaban J connectivity index is 1.53. The van der Waals surface area contributed by atoms with Gasteiger partial charge in [-0.15, -0.1) is 0 Å². The normalized spacial score (nSPS) is 12.3. The molecular formula is C21H24FN3O2. The number of para-hydroxylation sites is 3. The third-order valence-electron chi connectivity index (χ3n) is 4.33. The molecule has 27 heavy (non-hydrogen) atoms. The molecule has 0 aliphatic rings. The lowest BCUT2D eigenvalue weighted by Gasteiger charge is -2.20. The molecule has 5 nitrogen and oxygen atoms in total. The molecule has 0 aliphatic heterocycles. The summed E-state index contributed by atoms with van der Waals surface area (Å²) in [5.74, 6) is 0.671. The summed E-state index contributed by atoms with van der Waals surface area (Å²) in [5.41, 5.74) is 1.83. The molecule has 3 aromatic rings. The van der Waals surface area contributed by atoms with E-state index >= 15 is 0 Å².